The van der Waals surface area contributed by atoms with E-state index in [2.05, 4.69) is 10.6 Å². The molecule has 2 N–H and O–H groups in total. The minimum atomic E-state index is -0.563. The largest absolute Gasteiger partial charge is 0.496 e. The molecule has 2 aromatic carbocycles. The predicted octanol–water partition coefficient (Wildman–Crippen LogP) is 3.05. The zero-order chi connectivity index (χ0) is 19.3. The lowest BCUT2D eigenvalue weighted by molar-refractivity contribution is -0.383. The van der Waals surface area contributed by atoms with Crippen molar-refractivity contribution in [3.8, 4) is 11.5 Å². The number of anilines is 1. The standard InChI is InChI=1S/C17H17N3O5S/c1-10-7-8-11(12(9-10)20(22)23)18-17(26)19-16(21)15-13(24-2)5-4-6-14(15)25-3/h4-9H,1-3H3,(H2,18,19,21,26). The average molecular weight is 375 g/mol. The van der Waals surface area contributed by atoms with Crippen LogP contribution in [-0.2, 0) is 0 Å². The van der Waals surface area contributed by atoms with Crippen molar-refractivity contribution in [2.24, 2.45) is 0 Å². The molecule has 136 valence electrons. The SMILES string of the molecule is COc1cccc(OC)c1C(=O)NC(=S)Nc1ccc(C)cc1[N+](=O)[O-]. The highest BCUT2D eigenvalue weighted by molar-refractivity contribution is 7.80. The van der Waals surface area contributed by atoms with Crippen molar-refractivity contribution in [3.05, 3.63) is 57.6 Å². The third-order valence-electron chi connectivity index (χ3n) is 3.48. The Morgan fingerprint density at radius 2 is 1.77 bits per heavy atom. The zero-order valence-corrected chi connectivity index (χ0v) is 15.2. The Bertz CT molecular complexity index is 847. The molecule has 0 aliphatic rings. The molecule has 0 aliphatic heterocycles. The summed E-state index contributed by atoms with van der Waals surface area (Å²) in [5.41, 5.74) is 0.936. The van der Waals surface area contributed by atoms with E-state index >= 15 is 0 Å². The number of methoxy groups -OCH3 is 2. The van der Waals surface area contributed by atoms with Crippen LogP contribution in [0.4, 0.5) is 11.4 Å². The second kappa shape index (κ2) is 8.26. The molecular weight excluding hydrogens is 358 g/mol. The van der Waals surface area contributed by atoms with Gasteiger partial charge in [-0.2, -0.15) is 0 Å². The fraction of sp³-hybridized carbons (Fsp3) is 0.176. The number of aryl methyl sites for hydroxylation is 1. The van der Waals surface area contributed by atoms with E-state index in [0.29, 0.717) is 11.5 Å². The molecule has 0 bridgehead atoms. The molecule has 1 amide bonds. The molecule has 26 heavy (non-hydrogen) atoms. The van der Waals surface area contributed by atoms with Crippen molar-refractivity contribution in [2.45, 2.75) is 6.92 Å². The number of nitro benzene ring substituents is 1. The van der Waals surface area contributed by atoms with Gasteiger partial charge in [0.05, 0.1) is 19.1 Å². The molecule has 0 unspecified atom stereocenters. The molecule has 0 saturated carbocycles. The van der Waals surface area contributed by atoms with Gasteiger partial charge in [0.2, 0.25) is 0 Å². The number of benzene rings is 2. The summed E-state index contributed by atoms with van der Waals surface area (Å²) >= 11 is 5.10. The van der Waals surface area contributed by atoms with Crippen molar-refractivity contribution in [3.63, 3.8) is 0 Å². The van der Waals surface area contributed by atoms with Crippen LogP contribution in [0.25, 0.3) is 0 Å². The van der Waals surface area contributed by atoms with Crippen LogP contribution < -0.4 is 20.1 Å². The summed E-state index contributed by atoms with van der Waals surface area (Å²) in [5.74, 6) is 0.0588. The third-order valence-corrected chi connectivity index (χ3v) is 3.68. The van der Waals surface area contributed by atoms with Gasteiger partial charge in [-0.05, 0) is 42.9 Å². The normalized spacial score (nSPS) is 9.96. The zero-order valence-electron chi connectivity index (χ0n) is 14.4. The lowest BCUT2D eigenvalue weighted by Crippen LogP contribution is -2.34. The number of ether oxygens (including phenoxy) is 2. The van der Waals surface area contributed by atoms with Gasteiger partial charge in [0.15, 0.2) is 5.11 Å². The molecule has 0 saturated heterocycles. The van der Waals surface area contributed by atoms with Gasteiger partial charge < -0.3 is 14.8 Å². The predicted molar refractivity (Wildman–Crippen MR) is 101 cm³/mol. The first-order valence-corrected chi connectivity index (χ1v) is 7.86. The van der Waals surface area contributed by atoms with Crippen molar-refractivity contribution in [1.82, 2.24) is 5.32 Å². The number of carbonyl (C=O) groups excluding carboxylic acids is 1. The first kappa shape index (κ1) is 19.1. The number of hydrogen-bond acceptors (Lipinski definition) is 6. The molecule has 0 heterocycles. The van der Waals surface area contributed by atoms with E-state index in [1.165, 1.54) is 26.4 Å². The molecule has 0 aliphatic carbocycles. The second-order valence-electron chi connectivity index (χ2n) is 5.22. The molecule has 0 fully saturated rings. The number of amides is 1. The van der Waals surface area contributed by atoms with Crippen molar-refractivity contribution in [1.29, 1.82) is 0 Å². The number of carbonyl (C=O) groups is 1. The molecule has 0 spiro atoms. The van der Waals surface area contributed by atoms with E-state index in [1.807, 2.05) is 0 Å². The lowest BCUT2D eigenvalue weighted by Gasteiger charge is -2.14. The minimum Gasteiger partial charge on any atom is -0.496 e. The van der Waals surface area contributed by atoms with Gasteiger partial charge in [-0.25, -0.2) is 0 Å². The van der Waals surface area contributed by atoms with Crippen LogP contribution in [0.2, 0.25) is 0 Å². The number of nitro groups is 1. The Morgan fingerprint density at radius 1 is 1.15 bits per heavy atom. The Kier molecular flexibility index (Phi) is 6.07. The molecule has 8 nitrogen and oxygen atoms in total. The third kappa shape index (κ3) is 4.25. The molecule has 2 aromatic rings. The lowest BCUT2D eigenvalue weighted by atomic mass is 10.1. The highest BCUT2D eigenvalue weighted by Crippen LogP contribution is 2.28. The van der Waals surface area contributed by atoms with Crippen LogP contribution in [0.1, 0.15) is 15.9 Å². The second-order valence-corrected chi connectivity index (χ2v) is 5.63. The maximum Gasteiger partial charge on any atom is 0.292 e. The van der Waals surface area contributed by atoms with E-state index in [4.69, 9.17) is 21.7 Å². The fourth-order valence-corrected chi connectivity index (χ4v) is 2.50. The number of rotatable bonds is 5. The first-order valence-electron chi connectivity index (χ1n) is 7.45. The molecule has 0 radical (unpaired) electrons. The smallest absolute Gasteiger partial charge is 0.292 e. The maximum atomic E-state index is 12.5. The summed E-state index contributed by atoms with van der Waals surface area (Å²) in [6.07, 6.45) is 0. The van der Waals surface area contributed by atoms with E-state index in [-0.39, 0.29) is 22.1 Å². The Labute approximate surface area is 155 Å². The Morgan fingerprint density at radius 3 is 2.31 bits per heavy atom. The first-order chi connectivity index (χ1) is 12.4. The maximum absolute atomic E-state index is 12.5. The fourth-order valence-electron chi connectivity index (χ4n) is 2.29. The number of hydrogen-bond donors (Lipinski definition) is 2. The van der Waals surface area contributed by atoms with Crippen molar-refractivity contribution in [2.75, 3.05) is 19.5 Å². The summed E-state index contributed by atoms with van der Waals surface area (Å²) in [7, 11) is 2.86. The summed E-state index contributed by atoms with van der Waals surface area (Å²) < 4.78 is 10.4. The van der Waals surface area contributed by atoms with E-state index < -0.39 is 10.8 Å². The van der Waals surface area contributed by atoms with Crippen molar-refractivity contribution >= 4 is 34.6 Å². The van der Waals surface area contributed by atoms with Crippen LogP contribution in [0.15, 0.2) is 36.4 Å². The highest BCUT2D eigenvalue weighted by Gasteiger charge is 2.20. The van der Waals surface area contributed by atoms with Gasteiger partial charge in [0, 0.05) is 6.07 Å². The summed E-state index contributed by atoms with van der Waals surface area (Å²) in [4.78, 5) is 23.2. The van der Waals surface area contributed by atoms with Crippen LogP contribution in [0.3, 0.4) is 0 Å². The molecular formula is C17H17N3O5S. The highest BCUT2D eigenvalue weighted by atomic mass is 32.1. The number of thiocarbonyl (C=S) groups is 1. The van der Waals surface area contributed by atoms with Gasteiger partial charge in [-0.3, -0.25) is 20.2 Å². The van der Waals surface area contributed by atoms with Crippen LogP contribution in [-0.4, -0.2) is 30.2 Å². The van der Waals surface area contributed by atoms with E-state index in [9.17, 15) is 14.9 Å². The summed E-state index contributed by atoms with van der Waals surface area (Å²) in [6.45, 7) is 1.74. The van der Waals surface area contributed by atoms with Gasteiger partial charge in [-0.15, -0.1) is 0 Å². The molecule has 0 aromatic heterocycles. The van der Waals surface area contributed by atoms with Gasteiger partial charge in [0.1, 0.15) is 22.7 Å². The molecule has 0 atom stereocenters. The minimum absolute atomic E-state index is 0.0880. The Balaban J connectivity index is 2.22. The van der Waals surface area contributed by atoms with E-state index in [1.54, 1.807) is 31.2 Å². The monoisotopic (exact) mass is 375 g/mol. The average Bonchev–Trinajstić information content (AvgIpc) is 2.61. The van der Waals surface area contributed by atoms with E-state index in [0.717, 1.165) is 5.56 Å². The Hall–Kier alpha value is -3.20. The number of nitrogens with one attached hydrogen (secondary N) is 2. The van der Waals surface area contributed by atoms with Gasteiger partial charge in [-0.1, -0.05) is 12.1 Å². The topological polar surface area (TPSA) is 103 Å². The van der Waals surface area contributed by atoms with Crippen LogP contribution in [0.5, 0.6) is 11.5 Å². The molecule has 9 heteroatoms. The van der Waals surface area contributed by atoms with Crippen LogP contribution in [0, 0.1) is 17.0 Å². The van der Waals surface area contributed by atoms with Crippen molar-refractivity contribution < 1.29 is 19.2 Å². The quantitative estimate of drug-likeness (QED) is 0.470. The van der Waals surface area contributed by atoms with Crippen LogP contribution >= 0.6 is 12.2 Å². The summed E-state index contributed by atoms with van der Waals surface area (Å²) in [5, 5.41) is 16.2. The summed E-state index contributed by atoms with van der Waals surface area (Å²) in [6, 6.07) is 9.53. The molecule has 2 rings (SSSR count). The number of nitrogens with zero attached hydrogens (tertiary/aromatic N) is 1. The van der Waals surface area contributed by atoms with Gasteiger partial charge >= 0.3 is 0 Å². The van der Waals surface area contributed by atoms with Gasteiger partial charge in [0.25, 0.3) is 11.6 Å².